The van der Waals surface area contributed by atoms with Gasteiger partial charge in [0.2, 0.25) is 0 Å². The Balaban J connectivity index is 1.07. The minimum absolute atomic E-state index is 0.0101. The molecule has 1 aliphatic heterocycles. The molecule has 1 atom stereocenters. The standard InChI is InChI=1S/C29H33FN12O3/c1-16-8-23(40-39-16)36-26-21-10-34-42(20-14-45-15-20)27(21)38-25(37-26)18-4-6-29(44-3,7-5-18)28(43)35-17(2)22-11-32-24(12-31-22)41-13-19(30)9-33-41/h8-13,17-18,20H,4-7,14-15H2,1-3H3,(H,35,43)(H2,36,37,38,39,40)/t17-,18-,29+/m0/s1. The predicted molar refractivity (Wildman–Crippen MR) is 158 cm³/mol. The third-order valence-corrected chi connectivity index (χ3v) is 8.59. The van der Waals surface area contributed by atoms with Gasteiger partial charge in [-0.3, -0.25) is 14.9 Å². The number of halogens is 1. The van der Waals surface area contributed by atoms with Gasteiger partial charge in [0.25, 0.3) is 5.91 Å². The molecule has 0 radical (unpaired) electrons. The van der Waals surface area contributed by atoms with Crippen LogP contribution in [0, 0.1) is 12.7 Å². The van der Waals surface area contributed by atoms with E-state index in [-0.39, 0.29) is 17.9 Å². The molecule has 2 fully saturated rings. The van der Waals surface area contributed by atoms with Crippen LogP contribution in [0.4, 0.5) is 16.0 Å². The Labute approximate surface area is 257 Å². The fourth-order valence-corrected chi connectivity index (χ4v) is 5.82. The van der Waals surface area contributed by atoms with E-state index >= 15 is 0 Å². The number of fused-ring (bicyclic) bond motifs is 1. The number of hydrogen-bond donors (Lipinski definition) is 3. The van der Waals surface area contributed by atoms with Gasteiger partial charge in [0.15, 0.2) is 23.1 Å². The zero-order valence-electron chi connectivity index (χ0n) is 25.1. The number of rotatable bonds is 9. The molecule has 1 aliphatic carbocycles. The van der Waals surface area contributed by atoms with Gasteiger partial charge in [-0.25, -0.2) is 28.7 Å². The number of ether oxygens (including phenoxy) is 2. The second-order valence-corrected chi connectivity index (χ2v) is 11.6. The number of carbonyl (C=O) groups is 1. The molecule has 1 amide bonds. The molecule has 0 aromatic carbocycles. The molecular formula is C29H33FN12O3. The number of amides is 1. The van der Waals surface area contributed by atoms with Crippen LogP contribution in [-0.4, -0.2) is 81.5 Å². The zero-order chi connectivity index (χ0) is 31.1. The summed E-state index contributed by atoms with van der Waals surface area (Å²) in [6.07, 6.45) is 9.39. The molecule has 1 saturated heterocycles. The van der Waals surface area contributed by atoms with Gasteiger partial charge < -0.3 is 20.1 Å². The Kier molecular flexibility index (Phi) is 7.45. The van der Waals surface area contributed by atoms with Crippen molar-refractivity contribution >= 4 is 28.6 Å². The predicted octanol–water partition coefficient (Wildman–Crippen LogP) is 3.21. The third-order valence-electron chi connectivity index (χ3n) is 8.59. The Hall–Kier alpha value is -4.83. The van der Waals surface area contributed by atoms with Gasteiger partial charge in [-0.15, -0.1) is 0 Å². The number of H-pyrrole nitrogens is 1. The first-order valence-electron chi connectivity index (χ1n) is 14.8. The fraction of sp³-hybridized carbons (Fsp3) is 0.448. The first-order chi connectivity index (χ1) is 21.8. The van der Waals surface area contributed by atoms with Crippen LogP contribution in [0.3, 0.4) is 0 Å². The lowest BCUT2D eigenvalue weighted by molar-refractivity contribution is -0.148. The van der Waals surface area contributed by atoms with E-state index in [9.17, 15) is 9.18 Å². The highest BCUT2D eigenvalue weighted by Crippen LogP contribution is 2.40. The minimum atomic E-state index is -1.01. The molecule has 5 aromatic rings. The molecule has 2 aliphatic rings. The van der Waals surface area contributed by atoms with Crippen LogP contribution >= 0.6 is 0 Å². The molecular weight excluding hydrogens is 583 g/mol. The molecule has 6 heterocycles. The van der Waals surface area contributed by atoms with E-state index in [2.05, 4.69) is 41.0 Å². The van der Waals surface area contributed by atoms with Crippen molar-refractivity contribution in [2.75, 3.05) is 25.6 Å². The number of aromatic nitrogens is 10. The van der Waals surface area contributed by atoms with Gasteiger partial charge in [-0.2, -0.15) is 15.3 Å². The van der Waals surface area contributed by atoms with Gasteiger partial charge in [-0.1, -0.05) is 0 Å². The number of methoxy groups -OCH3 is 1. The quantitative estimate of drug-likeness (QED) is 0.222. The summed E-state index contributed by atoms with van der Waals surface area (Å²) in [5.41, 5.74) is 1.22. The highest BCUT2D eigenvalue weighted by atomic mass is 19.1. The Morgan fingerprint density at radius 2 is 1.98 bits per heavy atom. The van der Waals surface area contributed by atoms with Crippen LogP contribution in [0.25, 0.3) is 16.9 Å². The maximum Gasteiger partial charge on any atom is 0.252 e. The highest BCUT2D eigenvalue weighted by Gasteiger charge is 2.43. The molecule has 3 N–H and O–H groups in total. The maximum absolute atomic E-state index is 13.6. The molecule has 1 saturated carbocycles. The SMILES string of the molecule is CO[C@]1(C(=O)N[C@@H](C)c2cnc(-n3cc(F)cn3)cn2)CC[C@H](c2nc(Nc3cc(C)[nH]n3)c3cnn(C4COC4)c3n2)CC1. The zero-order valence-corrected chi connectivity index (χ0v) is 25.1. The topological polar surface area (TPSA) is 175 Å². The summed E-state index contributed by atoms with van der Waals surface area (Å²) < 4.78 is 27.8. The normalized spacial score (nSPS) is 21.0. The van der Waals surface area contributed by atoms with E-state index in [0.717, 1.165) is 22.9 Å². The Morgan fingerprint density at radius 1 is 1.16 bits per heavy atom. The van der Waals surface area contributed by atoms with E-state index in [1.807, 2.05) is 24.6 Å². The van der Waals surface area contributed by atoms with Gasteiger partial charge in [0, 0.05) is 24.8 Å². The van der Waals surface area contributed by atoms with E-state index < -0.39 is 17.5 Å². The van der Waals surface area contributed by atoms with Gasteiger partial charge >= 0.3 is 0 Å². The van der Waals surface area contributed by atoms with E-state index in [4.69, 9.17) is 19.4 Å². The Bertz CT molecular complexity index is 1820. The van der Waals surface area contributed by atoms with Crippen LogP contribution < -0.4 is 10.6 Å². The largest absolute Gasteiger partial charge is 0.377 e. The van der Waals surface area contributed by atoms with Crippen molar-refractivity contribution in [3.05, 3.63) is 60.1 Å². The van der Waals surface area contributed by atoms with Crippen molar-refractivity contribution in [3.8, 4) is 5.82 Å². The average Bonchev–Trinajstić information content (AvgIpc) is 3.76. The van der Waals surface area contributed by atoms with Gasteiger partial charge in [0.1, 0.15) is 23.3 Å². The van der Waals surface area contributed by atoms with Crippen molar-refractivity contribution < 1.29 is 18.7 Å². The van der Waals surface area contributed by atoms with Gasteiger partial charge in [-0.05, 0) is 39.5 Å². The molecule has 7 rings (SSSR count). The third kappa shape index (κ3) is 5.50. The second-order valence-electron chi connectivity index (χ2n) is 11.6. The Morgan fingerprint density at radius 3 is 2.60 bits per heavy atom. The van der Waals surface area contributed by atoms with Crippen molar-refractivity contribution in [3.63, 3.8) is 0 Å². The maximum atomic E-state index is 13.6. The van der Waals surface area contributed by atoms with Crippen LogP contribution in [0.5, 0.6) is 0 Å². The lowest BCUT2D eigenvalue weighted by Gasteiger charge is -2.38. The summed E-state index contributed by atoms with van der Waals surface area (Å²) in [4.78, 5) is 32.3. The summed E-state index contributed by atoms with van der Waals surface area (Å²) in [5, 5.41) is 22.9. The molecule has 0 unspecified atom stereocenters. The highest BCUT2D eigenvalue weighted by molar-refractivity contribution is 5.88. The molecule has 0 spiro atoms. The number of anilines is 2. The number of hydrogen-bond acceptors (Lipinski definition) is 11. The van der Waals surface area contributed by atoms with Crippen molar-refractivity contribution in [2.45, 2.75) is 63.1 Å². The number of carbonyl (C=O) groups excluding carboxylic acids is 1. The number of nitrogens with one attached hydrogen (secondary N) is 3. The van der Waals surface area contributed by atoms with Crippen LogP contribution in [0.15, 0.2) is 37.1 Å². The van der Waals surface area contributed by atoms with Crippen molar-refractivity contribution in [1.29, 1.82) is 0 Å². The summed E-state index contributed by atoms with van der Waals surface area (Å²) in [6.45, 7) is 4.94. The minimum Gasteiger partial charge on any atom is -0.377 e. The lowest BCUT2D eigenvalue weighted by Crippen LogP contribution is -2.51. The summed E-state index contributed by atoms with van der Waals surface area (Å²) in [5.74, 6) is 1.67. The average molecular weight is 617 g/mol. The monoisotopic (exact) mass is 616 g/mol. The molecule has 16 heteroatoms. The first-order valence-corrected chi connectivity index (χ1v) is 14.8. The molecule has 15 nitrogen and oxygen atoms in total. The van der Waals surface area contributed by atoms with E-state index in [1.54, 1.807) is 19.5 Å². The molecule has 234 valence electrons. The van der Waals surface area contributed by atoms with E-state index in [1.165, 1.54) is 17.1 Å². The summed E-state index contributed by atoms with van der Waals surface area (Å²) >= 11 is 0. The molecule has 45 heavy (non-hydrogen) atoms. The van der Waals surface area contributed by atoms with Crippen LogP contribution in [0.2, 0.25) is 0 Å². The first kappa shape index (κ1) is 28.9. The van der Waals surface area contributed by atoms with Crippen LogP contribution in [-0.2, 0) is 14.3 Å². The lowest BCUT2D eigenvalue weighted by atomic mass is 9.77. The van der Waals surface area contributed by atoms with Crippen LogP contribution in [0.1, 0.15) is 67.8 Å². The summed E-state index contributed by atoms with van der Waals surface area (Å²) in [6, 6.07) is 1.60. The fourth-order valence-electron chi connectivity index (χ4n) is 5.82. The van der Waals surface area contributed by atoms with Crippen molar-refractivity contribution in [2.24, 2.45) is 0 Å². The number of nitrogens with zero attached hydrogens (tertiary/aromatic N) is 9. The second kappa shape index (κ2) is 11.6. The van der Waals surface area contributed by atoms with Gasteiger partial charge in [0.05, 0.1) is 61.3 Å². The smallest absolute Gasteiger partial charge is 0.252 e. The molecule has 0 bridgehead atoms. The van der Waals surface area contributed by atoms with E-state index in [0.29, 0.717) is 67.9 Å². The molecule has 5 aromatic heterocycles. The number of aromatic amines is 1. The van der Waals surface area contributed by atoms with Crippen molar-refractivity contribution in [1.82, 2.24) is 55.0 Å². The number of aryl methyl sites for hydroxylation is 1. The summed E-state index contributed by atoms with van der Waals surface area (Å²) in [7, 11) is 1.57.